The van der Waals surface area contributed by atoms with Crippen LogP contribution < -0.4 is 5.73 Å². The lowest BCUT2D eigenvalue weighted by Crippen LogP contribution is -2.67. The van der Waals surface area contributed by atoms with E-state index in [9.17, 15) is 19.2 Å². The zero-order valence-electron chi connectivity index (χ0n) is 18.0. The second-order valence-electron chi connectivity index (χ2n) is 9.00. The Morgan fingerprint density at radius 3 is 1.81 bits per heavy atom. The molecule has 0 saturated carbocycles. The van der Waals surface area contributed by atoms with Gasteiger partial charge in [0.25, 0.3) is 0 Å². The van der Waals surface area contributed by atoms with Gasteiger partial charge in [-0.3, -0.25) is 14.4 Å². The second kappa shape index (κ2) is 9.19. The third-order valence-electron chi connectivity index (χ3n) is 3.90. The Morgan fingerprint density at radius 2 is 1.52 bits per heavy atom. The molecular weight excluding hydrogens is 368 g/mol. The smallest absolute Gasteiger partial charge is 0.418 e. The van der Waals surface area contributed by atoms with Crippen molar-refractivity contribution in [3.05, 3.63) is 0 Å². The maximum absolute atomic E-state index is 13.3. The Bertz CT molecular complexity index is 590. The van der Waals surface area contributed by atoms with Gasteiger partial charge in [0.2, 0.25) is 11.0 Å². The van der Waals surface area contributed by atoms with Crippen molar-refractivity contribution >= 4 is 34.0 Å². The first-order valence-corrected chi connectivity index (χ1v) is 9.80. The summed E-state index contributed by atoms with van der Waals surface area (Å²) in [6.45, 7) is 14.9. The Morgan fingerprint density at radius 1 is 1.04 bits per heavy atom. The van der Waals surface area contributed by atoms with Gasteiger partial charge in [0.1, 0.15) is 11.1 Å². The zero-order valence-corrected chi connectivity index (χ0v) is 18.8. The van der Waals surface area contributed by atoms with Crippen LogP contribution >= 0.6 is 11.8 Å². The molecule has 0 aliphatic rings. The molecule has 27 heavy (non-hydrogen) atoms. The molecule has 0 rings (SSSR count). The topological polar surface area (TPSA) is 107 Å². The van der Waals surface area contributed by atoms with Gasteiger partial charge in [-0.2, -0.15) is 0 Å². The van der Waals surface area contributed by atoms with Crippen LogP contribution in [-0.4, -0.2) is 44.8 Å². The summed E-state index contributed by atoms with van der Waals surface area (Å²) in [5.41, 5.74) is 2.24. The average molecular weight is 403 g/mol. The van der Waals surface area contributed by atoms with Gasteiger partial charge in [-0.05, 0) is 50.3 Å². The highest BCUT2D eigenvalue weighted by Crippen LogP contribution is 2.45. The first-order valence-electron chi connectivity index (χ1n) is 8.98. The molecule has 2 N–H and O–H groups in total. The average Bonchev–Trinajstić information content (AvgIpc) is 2.41. The van der Waals surface area contributed by atoms with Crippen LogP contribution in [-0.2, 0) is 19.1 Å². The van der Waals surface area contributed by atoms with Crippen molar-refractivity contribution in [2.24, 2.45) is 17.1 Å². The lowest BCUT2D eigenvalue weighted by molar-refractivity contribution is -0.149. The van der Waals surface area contributed by atoms with Crippen LogP contribution in [0.3, 0.4) is 0 Å². The van der Waals surface area contributed by atoms with Crippen molar-refractivity contribution in [1.29, 1.82) is 0 Å². The van der Waals surface area contributed by atoms with Crippen LogP contribution in [0.1, 0.15) is 68.7 Å². The number of carbonyl (C=O) groups is 4. The maximum Gasteiger partial charge on any atom is 0.418 e. The fourth-order valence-corrected chi connectivity index (χ4v) is 3.80. The van der Waals surface area contributed by atoms with Gasteiger partial charge >= 0.3 is 6.09 Å². The zero-order chi connectivity index (χ0) is 21.8. The summed E-state index contributed by atoms with van der Waals surface area (Å²) >= 11 is 0.502. The third kappa shape index (κ3) is 6.60. The Hall–Kier alpha value is -1.41. The number of nitrogens with zero attached hydrogens (tertiary/aromatic N) is 1. The van der Waals surface area contributed by atoms with E-state index >= 15 is 0 Å². The summed E-state index contributed by atoms with van der Waals surface area (Å²) in [6.07, 6.45) is -0.758. The molecule has 0 aromatic heterocycles. The Balaban J connectivity index is 6.74. The quantitative estimate of drug-likeness (QED) is 0.751. The minimum Gasteiger partial charge on any atom is -0.443 e. The molecule has 0 saturated heterocycles. The monoisotopic (exact) mass is 402 g/mol. The fourth-order valence-electron chi connectivity index (χ4n) is 2.89. The van der Waals surface area contributed by atoms with E-state index in [0.29, 0.717) is 11.8 Å². The predicted octanol–water partition coefficient (Wildman–Crippen LogP) is 3.35. The molecule has 0 bridgehead atoms. The van der Waals surface area contributed by atoms with Gasteiger partial charge in [0.15, 0.2) is 5.12 Å². The molecule has 0 spiro atoms. The summed E-state index contributed by atoms with van der Waals surface area (Å²) in [5.74, 6) is -0.770. The Labute approximate surface area is 166 Å². The van der Waals surface area contributed by atoms with Crippen LogP contribution in [0.4, 0.5) is 4.79 Å². The highest BCUT2D eigenvalue weighted by molar-refractivity contribution is 8.26. The summed E-state index contributed by atoms with van der Waals surface area (Å²) in [7, 11) is 0. The van der Waals surface area contributed by atoms with E-state index in [2.05, 4.69) is 0 Å². The SMILES string of the molecule is CC(=O)SC(=O)[C@](CC(C)C)(N(C(=O)CN)C(=O)OC(C)(C)C)C(C)(C)C. The highest BCUT2D eigenvalue weighted by Gasteiger charge is 2.58. The Kier molecular flexibility index (Phi) is 8.71. The van der Waals surface area contributed by atoms with Crippen molar-refractivity contribution in [2.45, 2.75) is 79.9 Å². The molecule has 8 heteroatoms. The van der Waals surface area contributed by atoms with Crippen molar-refractivity contribution in [2.75, 3.05) is 6.54 Å². The summed E-state index contributed by atoms with van der Waals surface area (Å²) in [6, 6.07) is 0. The largest absolute Gasteiger partial charge is 0.443 e. The van der Waals surface area contributed by atoms with Gasteiger partial charge in [0.05, 0.1) is 6.54 Å². The molecule has 156 valence electrons. The number of hydrogen-bond acceptors (Lipinski definition) is 7. The van der Waals surface area contributed by atoms with Crippen LogP contribution in [0.2, 0.25) is 0 Å². The van der Waals surface area contributed by atoms with Crippen LogP contribution in [0.25, 0.3) is 0 Å². The molecule has 0 radical (unpaired) electrons. The second-order valence-corrected chi connectivity index (χ2v) is 10.2. The third-order valence-corrected chi connectivity index (χ3v) is 4.71. The van der Waals surface area contributed by atoms with Gasteiger partial charge in [-0.25, -0.2) is 9.69 Å². The van der Waals surface area contributed by atoms with Crippen molar-refractivity contribution in [3.63, 3.8) is 0 Å². The minimum atomic E-state index is -1.59. The molecule has 0 aliphatic carbocycles. The number of ether oxygens (including phenoxy) is 1. The first-order chi connectivity index (χ1) is 12.0. The highest BCUT2D eigenvalue weighted by atomic mass is 32.2. The molecule has 0 fully saturated rings. The van der Waals surface area contributed by atoms with Gasteiger partial charge in [-0.1, -0.05) is 34.6 Å². The molecule has 0 aliphatic heterocycles. The number of carbonyl (C=O) groups excluding carboxylic acids is 4. The number of nitrogens with two attached hydrogens (primary N) is 1. The summed E-state index contributed by atoms with van der Waals surface area (Å²) in [5, 5.41) is -0.981. The lowest BCUT2D eigenvalue weighted by atomic mass is 9.68. The normalized spacial score (nSPS) is 14.5. The molecule has 0 aromatic rings. The number of amides is 2. The molecule has 2 amide bonds. The number of hydrogen-bond donors (Lipinski definition) is 1. The molecule has 1 atom stereocenters. The van der Waals surface area contributed by atoms with E-state index in [4.69, 9.17) is 10.5 Å². The van der Waals surface area contributed by atoms with Crippen molar-refractivity contribution in [1.82, 2.24) is 4.90 Å². The van der Waals surface area contributed by atoms with E-state index < -0.39 is 45.3 Å². The first kappa shape index (κ1) is 25.6. The van der Waals surface area contributed by atoms with E-state index in [1.807, 2.05) is 13.8 Å². The van der Waals surface area contributed by atoms with Gasteiger partial charge in [0, 0.05) is 6.92 Å². The van der Waals surface area contributed by atoms with E-state index in [1.54, 1.807) is 41.5 Å². The lowest BCUT2D eigenvalue weighted by Gasteiger charge is -2.49. The summed E-state index contributed by atoms with van der Waals surface area (Å²) < 4.78 is 5.42. The van der Waals surface area contributed by atoms with Crippen LogP contribution in [0.15, 0.2) is 0 Å². The van der Waals surface area contributed by atoms with E-state index in [1.165, 1.54) is 6.92 Å². The molecular formula is C19H34N2O5S. The van der Waals surface area contributed by atoms with Crippen LogP contribution in [0, 0.1) is 11.3 Å². The minimum absolute atomic E-state index is 0.0451. The van der Waals surface area contributed by atoms with Crippen LogP contribution in [0.5, 0.6) is 0 Å². The molecule has 0 aromatic carbocycles. The number of imide groups is 1. The van der Waals surface area contributed by atoms with E-state index in [-0.39, 0.29) is 12.3 Å². The fraction of sp³-hybridized carbons (Fsp3) is 0.789. The molecule has 7 nitrogen and oxygen atoms in total. The molecule has 0 unspecified atom stereocenters. The maximum atomic E-state index is 13.3. The molecule has 0 heterocycles. The van der Waals surface area contributed by atoms with Crippen molar-refractivity contribution in [3.8, 4) is 0 Å². The standard InChI is InChI=1S/C19H34N2O5S/c1-12(2)10-19(17(4,5)6,15(24)27-13(3)22)21(14(23)11-20)16(25)26-18(7,8)9/h12H,10-11,20H2,1-9H3/t19-/m0/s1. The van der Waals surface area contributed by atoms with E-state index in [0.717, 1.165) is 4.90 Å². The number of rotatable bonds is 5. The number of thioether (sulfide) groups is 1. The van der Waals surface area contributed by atoms with Gasteiger partial charge < -0.3 is 10.5 Å². The van der Waals surface area contributed by atoms with Gasteiger partial charge in [-0.15, -0.1) is 0 Å². The van der Waals surface area contributed by atoms with Crippen molar-refractivity contribution < 1.29 is 23.9 Å². The summed E-state index contributed by atoms with van der Waals surface area (Å²) in [4.78, 5) is 51.6. The predicted molar refractivity (Wildman–Crippen MR) is 107 cm³/mol.